The predicted octanol–water partition coefficient (Wildman–Crippen LogP) is 3.46. The minimum atomic E-state index is -0.652. The number of aliphatic carboxylic acids is 1. The normalized spacial score (nSPS) is 22.1. The van der Waals surface area contributed by atoms with Gasteiger partial charge in [-0.2, -0.15) is 0 Å². The van der Waals surface area contributed by atoms with Crippen LogP contribution in [-0.4, -0.2) is 11.1 Å². The van der Waals surface area contributed by atoms with Crippen molar-refractivity contribution in [3.63, 3.8) is 0 Å². The standard InChI is InChI=1S/C12H22O2/c1-3-12(8-4-5-9-12)10(2)6-7-11(13)14/h10H,3-9H2,1-2H3,(H,13,14). The molecule has 1 fully saturated rings. The first-order valence-electron chi connectivity index (χ1n) is 5.82. The number of rotatable bonds is 5. The summed E-state index contributed by atoms with van der Waals surface area (Å²) < 4.78 is 0. The molecule has 0 aromatic rings. The third-order valence-electron chi connectivity index (χ3n) is 4.14. The van der Waals surface area contributed by atoms with E-state index in [9.17, 15) is 4.79 Å². The first-order chi connectivity index (χ1) is 6.60. The average molecular weight is 198 g/mol. The molecule has 0 amide bonds. The lowest BCUT2D eigenvalue weighted by Crippen LogP contribution is -2.25. The lowest BCUT2D eigenvalue weighted by atomic mass is 9.71. The molecule has 2 heteroatoms. The molecule has 0 aromatic heterocycles. The fourth-order valence-corrected chi connectivity index (χ4v) is 2.92. The molecule has 82 valence electrons. The van der Waals surface area contributed by atoms with E-state index in [0.29, 0.717) is 17.8 Å². The molecule has 1 saturated carbocycles. The van der Waals surface area contributed by atoms with Crippen LogP contribution in [0.15, 0.2) is 0 Å². The maximum Gasteiger partial charge on any atom is 0.303 e. The Morgan fingerprint density at radius 2 is 2.00 bits per heavy atom. The molecule has 1 N–H and O–H groups in total. The van der Waals surface area contributed by atoms with Gasteiger partial charge in [-0.15, -0.1) is 0 Å². The number of carboxylic acids is 1. The lowest BCUT2D eigenvalue weighted by Gasteiger charge is -2.34. The van der Waals surface area contributed by atoms with E-state index in [-0.39, 0.29) is 0 Å². The maximum atomic E-state index is 10.5. The summed E-state index contributed by atoms with van der Waals surface area (Å²) in [7, 11) is 0. The van der Waals surface area contributed by atoms with Crippen molar-refractivity contribution < 1.29 is 9.90 Å². The molecule has 2 nitrogen and oxygen atoms in total. The molecular weight excluding hydrogens is 176 g/mol. The summed E-state index contributed by atoms with van der Waals surface area (Å²) in [6, 6.07) is 0. The van der Waals surface area contributed by atoms with E-state index in [0.717, 1.165) is 6.42 Å². The average Bonchev–Trinajstić information content (AvgIpc) is 2.63. The zero-order chi connectivity index (χ0) is 10.6. The van der Waals surface area contributed by atoms with Gasteiger partial charge in [-0.25, -0.2) is 0 Å². The molecule has 1 aliphatic carbocycles. The van der Waals surface area contributed by atoms with Crippen LogP contribution in [0.4, 0.5) is 0 Å². The van der Waals surface area contributed by atoms with E-state index in [1.54, 1.807) is 0 Å². The van der Waals surface area contributed by atoms with Crippen molar-refractivity contribution >= 4 is 5.97 Å². The first-order valence-corrected chi connectivity index (χ1v) is 5.82. The Hall–Kier alpha value is -0.530. The number of hydrogen-bond acceptors (Lipinski definition) is 1. The molecule has 0 heterocycles. The summed E-state index contributed by atoms with van der Waals surface area (Å²) in [5.41, 5.74) is 0.468. The number of carboxylic acid groups (broad SMARTS) is 1. The summed E-state index contributed by atoms with van der Waals surface area (Å²) in [5, 5.41) is 8.66. The van der Waals surface area contributed by atoms with Gasteiger partial charge in [-0.3, -0.25) is 4.79 Å². The molecule has 0 bridgehead atoms. The van der Waals surface area contributed by atoms with Crippen LogP contribution in [0.1, 0.15) is 58.8 Å². The molecule has 1 unspecified atom stereocenters. The van der Waals surface area contributed by atoms with Crippen molar-refractivity contribution in [2.45, 2.75) is 58.8 Å². The van der Waals surface area contributed by atoms with Crippen LogP contribution >= 0.6 is 0 Å². The summed E-state index contributed by atoms with van der Waals surface area (Å²) in [5.74, 6) is -0.0767. The number of carbonyl (C=O) groups is 1. The fourth-order valence-electron chi connectivity index (χ4n) is 2.92. The van der Waals surface area contributed by atoms with Crippen LogP contribution in [0.5, 0.6) is 0 Å². The van der Waals surface area contributed by atoms with Crippen LogP contribution in [0.3, 0.4) is 0 Å². The van der Waals surface area contributed by atoms with Gasteiger partial charge in [0.1, 0.15) is 0 Å². The molecule has 0 radical (unpaired) electrons. The maximum absolute atomic E-state index is 10.5. The number of hydrogen-bond donors (Lipinski definition) is 1. The molecule has 0 aliphatic heterocycles. The van der Waals surface area contributed by atoms with Crippen LogP contribution in [0.25, 0.3) is 0 Å². The van der Waals surface area contributed by atoms with Crippen LogP contribution in [0.2, 0.25) is 0 Å². The van der Waals surface area contributed by atoms with Crippen molar-refractivity contribution in [1.82, 2.24) is 0 Å². The van der Waals surface area contributed by atoms with Gasteiger partial charge in [0.25, 0.3) is 0 Å². The summed E-state index contributed by atoms with van der Waals surface area (Å²) in [4.78, 5) is 10.5. The third kappa shape index (κ3) is 2.49. The SMILES string of the molecule is CCC1(C(C)CCC(=O)O)CCCC1. The van der Waals surface area contributed by atoms with Gasteiger partial charge in [0.2, 0.25) is 0 Å². The molecule has 14 heavy (non-hydrogen) atoms. The minimum absolute atomic E-state index is 0.336. The summed E-state index contributed by atoms with van der Waals surface area (Å²) in [6.45, 7) is 4.49. The third-order valence-corrected chi connectivity index (χ3v) is 4.14. The van der Waals surface area contributed by atoms with Crippen molar-refractivity contribution in [2.75, 3.05) is 0 Å². The summed E-state index contributed by atoms with van der Waals surface area (Å²) >= 11 is 0. The monoisotopic (exact) mass is 198 g/mol. The Morgan fingerprint density at radius 1 is 1.43 bits per heavy atom. The van der Waals surface area contributed by atoms with Crippen molar-refractivity contribution in [1.29, 1.82) is 0 Å². The molecule has 0 spiro atoms. The van der Waals surface area contributed by atoms with Crippen molar-refractivity contribution in [3.8, 4) is 0 Å². The molecule has 1 atom stereocenters. The van der Waals surface area contributed by atoms with E-state index >= 15 is 0 Å². The second-order valence-corrected chi connectivity index (χ2v) is 4.76. The fraction of sp³-hybridized carbons (Fsp3) is 0.917. The Kier molecular flexibility index (Phi) is 3.97. The highest BCUT2D eigenvalue weighted by Gasteiger charge is 2.36. The van der Waals surface area contributed by atoms with Gasteiger partial charge < -0.3 is 5.11 Å². The topological polar surface area (TPSA) is 37.3 Å². The largest absolute Gasteiger partial charge is 0.481 e. The first kappa shape index (κ1) is 11.5. The Bertz CT molecular complexity index is 192. The Labute approximate surface area is 86.7 Å². The van der Waals surface area contributed by atoms with E-state index in [1.165, 1.54) is 32.1 Å². The predicted molar refractivity (Wildman–Crippen MR) is 57.2 cm³/mol. The second-order valence-electron chi connectivity index (χ2n) is 4.76. The Balaban J connectivity index is 2.47. The quantitative estimate of drug-likeness (QED) is 0.734. The molecule has 0 saturated heterocycles. The van der Waals surface area contributed by atoms with Gasteiger partial charge in [0, 0.05) is 6.42 Å². The zero-order valence-electron chi connectivity index (χ0n) is 9.38. The van der Waals surface area contributed by atoms with Crippen molar-refractivity contribution in [2.24, 2.45) is 11.3 Å². The van der Waals surface area contributed by atoms with Gasteiger partial charge >= 0.3 is 5.97 Å². The second kappa shape index (κ2) is 4.81. The Morgan fingerprint density at radius 3 is 2.43 bits per heavy atom. The van der Waals surface area contributed by atoms with Gasteiger partial charge in [-0.05, 0) is 30.6 Å². The molecule has 0 aromatic carbocycles. The zero-order valence-corrected chi connectivity index (χ0v) is 9.38. The minimum Gasteiger partial charge on any atom is -0.481 e. The summed E-state index contributed by atoms with van der Waals surface area (Å²) in [6.07, 6.45) is 7.70. The highest BCUT2D eigenvalue weighted by atomic mass is 16.4. The van der Waals surface area contributed by atoms with Crippen molar-refractivity contribution in [3.05, 3.63) is 0 Å². The van der Waals surface area contributed by atoms with Crippen LogP contribution < -0.4 is 0 Å². The van der Waals surface area contributed by atoms with Crippen LogP contribution in [-0.2, 0) is 4.79 Å². The van der Waals surface area contributed by atoms with E-state index in [1.807, 2.05) is 0 Å². The molecule has 1 rings (SSSR count). The van der Waals surface area contributed by atoms with Gasteiger partial charge in [0.15, 0.2) is 0 Å². The van der Waals surface area contributed by atoms with Gasteiger partial charge in [-0.1, -0.05) is 33.1 Å². The highest BCUT2D eigenvalue weighted by Crippen LogP contribution is 2.48. The van der Waals surface area contributed by atoms with E-state index in [4.69, 9.17) is 5.11 Å². The smallest absolute Gasteiger partial charge is 0.303 e. The van der Waals surface area contributed by atoms with E-state index in [2.05, 4.69) is 13.8 Å². The lowest BCUT2D eigenvalue weighted by molar-refractivity contribution is -0.137. The van der Waals surface area contributed by atoms with Gasteiger partial charge in [0.05, 0.1) is 0 Å². The molecular formula is C12H22O2. The van der Waals surface area contributed by atoms with E-state index < -0.39 is 5.97 Å². The van der Waals surface area contributed by atoms with Crippen LogP contribution in [0, 0.1) is 11.3 Å². The molecule has 1 aliphatic rings. The highest BCUT2D eigenvalue weighted by molar-refractivity contribution is 5.66.